The van der Waals surface area contributed by atoms with Gasteiger partial charge in [0.2, 0.25) is 10.0 Å². The normalized spacial score (nSPS) is 18.3. The standard InChI is InChI=1S/C14H21BrN2O2S/c1-2-16-9-11-17(12-10-16)20(18,19)14-5-3-13(4-6-14)7-8-15/h3-6H,2,7-12H2,1H3. The molecule has 1 aliphatic rings. The molecule has 0 bridgehead atoms. The summed E-state index contributed by atoms with van der Waals surface area (Å²) in [6, 6.07) is 7.24. The third-order valence-corrected chi connectivity index (χ3v) is 6.03. The highest BCUT2D eigenvalue weighted by Gasteiger charge is 2.27. The maximum absolute atomic E-state index is 12.5. The molecular weight excluding hydrogens is 340 g/mol. The average molecular weight is 361 g/mol. The van der Waals surface area contributed by atoms with Gasteiger partial charge in [-0.05, 0) is 30.7 Å². The molecule has 0 atom stereocenters. The number of alkyl halides is 1. The summed E-state index contributed by atoms with van der Waals surface area (Å²) in [6.45, 7) is 5.88. The van der Waals surface area contributed by atoms with Crippen molar-refractivity contribution in [3.63, 3.8) is 0 Å². The molecule has 1 aromatic rings. The molecule has 20 heavy (non-hydrogen) atoms. The van der Waals surface area contributed by atoms with Crippen LogP contribution in [0.2, 0.25) is 0 Å². The monoisotopic (exact) mass is 360 g/mol. The molecule has 0 unspecified atom stereocenters. The Morgan fingerprint density at radius 3 is 2.20 bits per heavy atom. The zero-order chi connectivity index (χ0) is 14.6. The lowest BCUT2D eigenvalue weighted by Gasteiger charge is -2.33. The Balaban J connectivity index is 2.10. The van der Waals surface area contributed by atoms with E-state index >= 15 is 0 Å². The molecular formula is C14H21BrN2O2S. The molecule has 0 N–H and O–H groups in total. The van der Waals surface area contributed by atoms with Gasteiger partial charge in [-0.1, -0.05) is 35.0 Å². The first kappa shape index (κ1) is 15.9. The van der Waals surface area contributed by atoms with E-state index in [9.17, 15) is 8.42 Å². The fourth-order valence-electron chi connectivity index (χ4n) is 2.37. The summed E-state index contributed by atoms with van der Waals surface area (Å²) >= 11 is 3.39. The van der Waals surface area contributed by atoms with Crippen LogP contribution in [0.25, 0.3) is 0 Å². The molecule has 0 aromatic heterocycles. The second-order valence-electron chi connectivity index (χ2n) is 4.92. The molecule has 2 rings (SSSR count). The zero-order valence-electron chi connectivity index (χ0n) is 11.8. The van der Waals surface area contributed by atoms with Crippen LogP contribution in [0.3, 0.4) is 0 Å². The number of aryl methyl sites for hydroxylation is 1. The van der Waals surface area contributed by atoms with Crippen LogP contribution in [0.5, 0.6) is 0 Å². The minimum absolute atomic E-state index is 0.403. The Labute approximate surface area is 129 Å². The van der Waals surface area contributed by atoms with Crippen LogP contribution in [0.4, 0.5) is 0 Å². The van der Waals surface area contributed by atoms with Crippen LogP contribution in [-0.4, -0.2) is 55.7 Å². The summed E-state index contributed by atoms with van der Waals surface area (Å²) in [5.41, 5.74) is 1.15. The first-order chi connectivity index (χ1) is 9.57. The highest BCUT2D eigenvalue weighted by Crippen LogP contribution is 2.18. The van der Waals surface area contributed by atoms with Gasteiger partial charge in [0.25, 0.3) is 0 Å². The first-order valence-corrected chi connectivity index (χ1v) is 9.51. The smallest absolute Gasteiger partial charge is 0.243 e. The summed E-state index contributed by atoms with van der Waals surface area (Å²) in [5, 5.41) is 0.887. The number of hydrogen-bond donors (Lipinski definition) is 0. The van der Waals surface area contributed by atoms with E-state index in [-0.39, 0.29) is 0 Å². The van der Waals surface area contributed by atoms with Gasteiger partial charge in [0.15, 0.2) is 0 Å². The molecule has 0 radical (unpaired) electrons. The summed E-state index contributed by atoms with van der Waals surface area (Å²) in [6.07, 6.45) is 0.912. The molecule has 1 aliphatic heterocycles. The molecule has 112 valence electrons. The van der Waals surface area contributed by atoms with Gasteiger partial charge in [-0.25, -0.2) is 8.42 Å². The molecule has 1 aromatic carbocycles. The number of nitrogens with zero attached hydrogens (tertiary/aromatic N) is 2. The van der Waals surface area contributed by atoms with Gasteiger partial charge in [-0.15, -0.1) is 0 Å². The van der Waals surface area contributed by atoms with E-state index in [1.165, 1.54) is 0 Å². The minimum Gasteiger partial charge on any atom is -0.301 e. The van der Waals surface area contributed by atoms with Crippen molar-refractivity contribution >= 4 is 26.0 Å². The lowest BCUT2D eigenvalue weighted by atomic mass is 10.2. The van der Waals surface area contributed by atoms with Crippen molar-refractivity contribution in [1.29, 1.82) is 0 Å². The molecule has 0 amide bonds. The average Bonchev–Trinajstić information content (AvgIpc) is 2.48. The molecule has 1 heterocycles. The minimum atomic E-state index is -3.33. The van der Waals surface area contributed by atoms with E-state index in [1.807, 2.05) is 12.1 Å². The first-order valence-electron chi connectivity index (χ1n) is 6.95. The maximum atomic E-state index is 12.5. The predicted octanol–water partition coefficient (Wildman–Crippen LogP) is 1.95. The Morgan fingerprint density at radius 1 is 1.10 bits per heavy atom. The van der Waals surface area contributed by atoms with Crippen LogP contribution in [0.1, 0.15) is 12.5 Å². The number of benzene rings is 1. The van der Waals surface area contributed by atoms with Crippen molar-refractivity contribution in [3.05, 3.63) is 29.8 Å². The number of sulfonamides is 1. The molecule has 4 nitrogen and oxygen atoms in total. The lowest BCUT2D eigenvalue weighted by Crippen LogP contribution is -2.48. The summed E-state index contributed by atoms with van der Waals surface area (Å²) in [7, 11) is -3.33. The number of halogens is 1. The molecule has 6 heteroatoms. The van der Waals surface area contributed by atoms with Gasteiger partial charge in [0.05, 0.1) is 4.90 Å². The molecule has 0 spiro atoms. The number of rotatable bonds is 5. The van der Waals surface area contributed by atoms with Crippen molar-refractivity contribution in [2.75, 3.05) is 38.1 Å². The van der Waals surface area contributed by atoms with Crippen molar-refractivity contribution in [3.8, 4) is 0 Å². The van der Waals surface area contributed by atoms with Gasteiger partial charge in [0.1, 0.15) is 0 Å². The third kappa shape index (κ3) is 3.61. The van der Waals surface area contributed by atoms with Crippen LogP contribution >= 0.6 is 15.9 Å². The molecule has 0 saturated carbocycles. The Hall–Kier alpha value is -0.430. The molecule has 1 saturated heterocycles. The van der Waals surface area contributed by atoms with Crippen molar-refractivity contribution in [2.45, 2.75) is 18.2 Å². The van der Waals surface area contributed by atoms with Gasteiger partial charge in [-0.2, -0.15) is 4.31 Å². The summed E-state index contributed by atoms with van der Waals surface area (Å²) in [5.74, 6) is 0. The number of piperazine rings is 1. The molecule has 1 fully saturated rings. The fraction of sp³-hybridized carbons (Fsp3) is 0.571. The van der Waals surface area contributed by atoms with E-state index < -0.39 is 10.0 Å². The summed E-state index contributed by atoms with van der Waals surface area (Å²) in [4.78, 5) is 2.67. The number of likely N-dealkylation sites (N-methyl/N-ethyl adjacent to an activating group) is 1. The topological polar surface area (TPSA) is 40.6 Å². The van der Waals surface area contributed by atoms with Crippen molar-refractivity contribution in [1.82, 2.24) is 9.21 Å². The SMILES string of the molecule is CCN1CCN(S(=O)(=O)c2ccc(CCBr)cc2)CC1. The Bertz CT molecular complexity index is 523. The van der Waals surface area contributed by atoms with Crippen LogP contribution in [-0.2, 0) is 16.4 Å². The van der Waals surface area contributed by atoms with Crippen LogP contribution in [0, 0.1) is 0 Å². The third-order valence-electron chi connectivity index (χ3n) is 3.72. The highest BCUT2D eigenvalue weighted by molar-refractivity contribution is 9.09. The zero-order valence-corrected chi connectivity index (χ0v) is 14.2. The Morgan fingerprint density at radius 2 is 1.70 bits per heavy atom. The molecule has 0 aliphatic carbocycles. The number of hydrogen-bond acceptors (Lipinski definition) is 3. The maximum Gasteiger partial charge on any atom is 0.243 e. The van der Waals surface area contributed by atoms with Crippen molar-refractivity contribution in [2.24, 2.45) is 0 Å². The van der Waals surface area contributed by atoms with Crippen LogP contribution in [0.15, 0.2) is 29.2 Å². The second kappa shape index (κ2) is 7.02. The van der Waals surface area contributed by atoms with Gasteiger partial charge >= 0.3 is 0 Å². The van der Waals surface area contributed by atoms with E-state index in [4.69, 9.17) is 0 Å². The van der Waals surface area contributed by atoms with Crippen LogP contribution < -0.4 is 0 Å². The summed E-state index contributed by atoms with van der Waals surface area (Å²) < 4.78 is 26.7. The van der Waals surface area contributed by atoms with Crippen molar-refractivity contribution < 1.29 is 8.42 Å². The largest absolute Gasteiger partial charge is 0.301 e. The van der Waals surface area contributed by atoms with E-state index in [0.717, 1.165) is 36.9 Å². The Kier molecular flexibility index (Phi) is 5.60. The highest BCUT2D eigenvalue weighted by atomic mass is 79.9. The van der Waals surface area contributed by atoms with E-state index in [2.05, 4.69) is 27.8 Å². The fourth-order valence-corrected chi connectivity index (χ4v) is 4.25. The van der Waals surface area contributed by atoms with Gasteiger partial charge in [-0.3, -0.25) is 0 Å². The van der Waals surface area contributed by atoms with Gasteiger partial charge < -0.3 is 4.90 Å². The van der Waals surface area contributed by atoms with E-state index in [0.29, 0.717) is 18.0 Å². The second-order valence-corrected chi connectivity index (χ2v) is 7.65. The van der Waals surface area contributed by atoms with Gasteiger partial charge in [0, 0.05) is 31.5 Å². The predicted molar refractivity (Wildman–Crippen MR) is 84.8 cm³/mol. The van der Waals surface area contributed by atoms with E-state index in [1.54, 1.807) is 16.4 Å². The lowest BCUT2D eigenvalue weighted by molar-refractivity contribution is 0.196. The quantitative estimate of drug-likeness (QED) is 0.753.